The first kappa shape index (κ1) is 15.4. The Morgan fingerprint density at radius 3 is 2.71 bits per heavy atom. The van der Waals surface area contributed by atoms with Crippen LogP contribution in [0.5, 0.6) is 0 Å². The molecule has 0 aromatic heterocycles. The Bertz CT molecular complexity index is 701. The highest BCUT2D eigenvalue weighted by Crippen LogP contribution is 2.23. The van der Waals surface area contributed by atoms with E-state index in [4.69, 9.17) is 5.26 Å². The van der Waals surface area contributed by atoms with Crippen LogP contribution >= 0.6 is 15.9 Å². The summed E-state index contributed by atoms with van der Waals surface area (Å²) in [6.07, 6.45) is -1.23. The zero-order valence-electron chi connectivity index (χ0n) is 10.8. The Morgan fingerprint density at radius 2 is 2.00 bits per heavy atom. The number of nitrogens with one attached hydrogen (secondary N) is 1. The Kier molecular flexibility index (Phi) is 4.89. The lowest BCUT2D eigenvalue weighted by molar-refractivity contribution is 0.186. The summed E-state index contributed by atoms with van der Waals surface area (Å²) in [5, 5.41) is 21.8. The highest BCUT2D eigenvalue weighted by atomic mass is 79.9. The summed E-state index contributed by atoms with van der Waals surface area (Å²) in [7, 11) is 0. The number of rotatable bonds is 4. The molecule has 108 valence electrons. The molecule has 0 spiro atoms. The molecule has 0 saturated carbocycles. The zero-order chi connectivity index (χ0) is 15.4. The number of anilines is 1. The molecule has 1 atom stereocenters. The molecule has 0 aliphatic rings. The third-order valence-electron chi connectivity index (χ3n) is 2.90. The van der Waals surface area contributed by atoms with Gasteiger partial charge in [-0.3, -0.25) is 0 Å². The van der Waals surface area contributed by atoms with Crippen LogP contribution in [0.3, 0.4) is 0 Å². The van der Waals surface area contributed by atoms with Gasteiger partial charge >= 0.3 is 0 Å². The van der Waals surface area contributed by atoms with Crippen LogP contribution in [0.1, 0.15) is 17.2 Å². The molecule has 0 fully saturated rings. The van der Waals surface area contributed by atoms with E-state index in [1.165, 1.54) is 0 Å². The number of nitrogens with zero attached hydrogens (tertiary/aromatic N) is 1. The van der Waals surface area contributed by atoms with Gasteiger partial charge in [-0.15, -0.1) is 0 Å². The lowest BCUT2D eigenvalue weighted by Gasteiger charge is -2.15. The second kappa shape index (κ2) is 6.66. The zero-order valence-corrected chi connectivity index (χ0v) is 12.4. The van der Waals surface area contributed by atoms with Gasteiger partial charge in [0.25, 0.3) is 0 Å². The fourth-order valence-electron chi connectivity index (χ4n) is 1.85. The molecule has 21 heavy (non-hydrogen) atoms. The first-order valence-electron chi connectivity index (χ1n) is 6.08. The van der Waals surface area contributed by atoms with Crippen molar-refractivity contribution in [2.75, 3.05) is 11.9 Å². The summed E-state index contributed by atoms with van der Waals surface area (Å²) >= 11 is 3.28. The number of hydrogen-bond acceptors (Lipinski definition) is 3. The van der Waals surface area contributed by atoms with Crippen LogP contribution in [-0.4, -0.2) is 11.7 Å². The highest BCUT2D eigenvalue weighted by Gasteiger charge is 2.14. The fraction of sp³-hybridized carbons (Fsp3) is 0.133. The van der Waals surface area contributed by atoms with Crippen molar-refractivity contribution in [2.45, 2.75) is 6.10 Å². The van der Waals surface area contributed by atoms with E-state index in [2.05, 4.69) is 21.2 Å². The van der Waals surface area contributed by atoms with Crippen LogP contribution in [-0.2, 0) is 0 Å². The van der Waals surface area contributed by atoms with Crippen LogP contribution in [0, 0.1) is 23.0 Å². The van der Waals surface area contributed by atoms with Crippen LogP contribution in [0.25, 0.3) is 0 Å². The predicted molar refractivity (Wildman–Crippen MR) is 78.7 cm³/mol. The van der Waals surface area contributed by atoms with Crippen molar-refractivity contribution in [3.05, 3.63) is 63.6 Å². The molecule has 2 rings (SSSR count). The molecule has 0 amide bonds. The standard InChI is InChI=1S/C15H11BrF2N2O/c16-10-2-1-9(7-19)14(5-10)20-8-15(21)12-6-11(17)3-4-13(12)18/h1-6,15,20-21H,8H2. The van der Waals surface area contributed by atoms with Crippen molar-refractivity contribution in [3.8, 4) is 6.07 Å². The molecule has 0 saturated heterocycles. The van der Waals surface area contributed by atoms with Crippen molar-refractivity contribution in [1.82, 2.24) is 0 Å². The van der Waals surface area contributed by atoms with Gasteiger partial charge in [-0.05, 0) is 36.4 Å². The monoisotopic (exact) mass is 352 g/mol. The van der Waals surface area contributed by atoms with Crippen molar-refractivity contribution < 1.29 is 13.9 Å². The fourth-order valence-corrected chi connectivity index (χ4v) is 2.21. The smallest absolute Gasteiger partial charge is 0.129 e. The van der Waals surface area contributed by atoms with Gasteiger partial charge in [-0.1, -0.05) is 15.9 Å². The highest BCUT2D eigenvalue weighted by molar-refractivity contribution is 9.10. The molecule has 0 aliphatic carbocycles. The minimum atomic E-state index is -1.23. The Morgan fingerprint density at radius 1 is 1.24 bits per heavy atom. The molecule has 0 radical (unpaired) electrons. The number of aliphatic hydroxyl groups is 1. The number of aliphatic hydroxyl groups excluding tert-OH is 1. The second-order valence-corrected chi connectivity index (χ2v) is 5.28. The quantitative estimate of drug-likeness (QED) is 0.880. The summed E-state index contributed by atoms with van der Waals surface area (Å²) in [5.41, 5.74) is 0.767. The molecule has 0 aliphatic heterocycles. The van der Waals surface area contributed by atoms with Crippen molar-refractivity contribution >= 4 is 21.6 Å². The van der Waals surface area contributed by atoms with E-state index >= 15 is 0 Å². The van der Waals surface area contributed by atoms with Gasteiger partial charge in [0.05, 0.1) is 17.4 Å². The minimum Gasteiger partial charge on any atom is -0.386 e. The molecule has 6 heteroatoms. The minimum absolute atomic E-state index is 0.0501. The third kappa shape index (κ3) is 3.78. The summed E-state index contributed by atoms with van der Waals surface area (Å²) in [5.74, 6) is -1.30. The number of benzene rings is 2. The van der Waals surface area contributed by atoms with Crippen LogP contribution < -0.4 is 5.32 Å². The Hall–Kier alpha value is -1.97. The topological polar surface area (TPSA) is 56.0 Å². The van der Waals surface area contributed by atoms with Crippen molar-refractivity contribution in [2.24, 2.45) is 0 Å². The summed E-state index contributed by atoms with van der Waals surface area (Å²) in [4.78, 5) is 0. The number of nitriles is 1. The van der Waals surface area contributed by atoms with Crippen LogP contribution in [0.15, 0.2) is 40.9 Å². The first-order valence-corrected chi connectivity index (χ1v) is 6.87. The van der Waals surface area contributed by atoms with Gasteiger partial charge in [-0.25, -0.2) is 8.78 Å². The van der Waals surface area contributed by atoms with E-state index in [0.717, 1.165) is 22.7 Å². The van der Waals surface area contributed by atoms with Gasteiger partial charge in [-0.2, -0.15) is 5.26 Å². The Balaban J connectivity index is 2.15. The van der Waals surface area contributed by atoms with Gasteiger partial charge < -0.3 is 10.4 Å². The van der Waals surface area contributed by atoms with Gasteiger partial charge in [0, 0.05) is 16.6 Å². The summed E-state index contributed by atoms with van der Waals surface area (Å²) < 4.78 is 27.4. The van der Waals surface area contributed by atoms with E-state index in [-0.39, 0.29) is 12.1 Å². The molecule has 2 N–H and O–H groups in total. The van der Waals surface area contributed by atoms with Crippen LogP contribution in [0.2, 0.25) is 0 Å². The number of halogens is 3. The van der Waals surface area contributed by atoms with Crippen LogP contribution in [0.4, 0.5) is 14.5 Å². The third-order valence-corrected chi connectivity index (χ3v) is 3.40. The molecule has 3 nitrogen and oxygen atoms in total. The van der Waals surface area contributed by atoms with E-state index < -0.39 is 17.7 Å². The molecule has 2 aromatic carbocycles. The van der Waals surface area contributed by atoms with E-state index in [9.17, 15) is 13.9 Å². The van der Waals surface area contributed by atoms with Gasteiger partial charge in [0.2, 0.25) is 0 Å². The largest absolute Gasteiger partial charge is 0.386 e. The summed E-state index contributed by atoms with van der Waals surface area (Å²) in [6, 6.07) is 9.91. The lowest BCUT2D eigenvalue weighted by atomic mass is 10.1. The summed E-state index contributed by atoms with van der Waals surface area (Å²) in [6.45, 7) is -0.0501. The molecule has 0 bridgehead atoms. The molecular weight excluding hydrogens is 342 g/mol. The second-order valence-electron chi connectivity index (χ2n) is 4.36. The average Bonchev–Trinajstić information content (AvgIpc) is 2.47. The predicted octanol–water partition coefficient (Wildman–Crippen LogP) is 3.74. The normalized spacial score (nSPS) is 11.8. The van der Waals surface area contributed by atoms with E-state index in [1.807, 2.05) is 6.07 Å². The molecule has 0 heterocycles. The maximum absolute atomic E-state index is 13.5. The molecular formula is C15H11BrF2N2O. The van der Waals surface area contributed by atoms with Gasteiger partial charge in [0.15, 0.2) is 0 Å². The SMILES string of the molecule is N#Cc1ccc(Br)cc1NCC(O)c1cc(F)ccc1F. The molecule has 2 aromatic rings. The van der Waals surface area contributed by atoms with Crippen molar-refractivity contribution in [1.29, 1.82) is 5.26 Å². The first-order chi connectivity index (χ1) is 10.0. The maximum atomic E-state index is 13.5. The number of hydrogen-bond donors (Lipinski definition) is 2. The maximum Gasteiger partial charge on any atom is 0.129 e. The van der Waals surface area contributed by atoms with E-state index in [1.54, 1.807) is 18.2 Å². The van der Waals surface area contributed by atoms with E-state index in [0.29, 0.717) is 11.3 Å². The van der Waals surface area contributed by atoms with Gasteiger partial charge in [0.1, 0.15) is 17.7 Å². The Labute approximate surface area is 129 Å². The average molecular weight is 353 g/mol. The molecule has 1 unspecified atom stereocenters. The van der Waals surface area contributed by atoms with Crippen molar-refractivity contribution in [3.63, 3.8) is 0 Å². The lowest BCUT2D eigenvalue weighted by Crippen LogP contribution is -2.14.